The van der Waals surface area contributed by atoms with Gasteiger partial charge >= 0.3 is 0 Å². The molecule has 3 heteroatoms. The van der Waals surface area contributed by atoms with Gasteiger partial charge in [0.2, 0.25) is 5.91 Å². The first-order chi connectivity index (χ1) is 9.49. The van der Waals surface area contributed by atoms with Gasteiger partial charge in [-0.3, -0.25) is 4.79 Å². The van der Waals surface area contributed by atoms with Crippen molar-refractivity contribution >= 4 is 5.91 Å². The van der Waals surface area contributed by atoms with Gasteiger partial charge in [-0.1, -0.05) is 20.8 Å². The van der Waals surface area contributed by atoms with Crippen molar-refractivity contribution in [2.75, 3.05) is 13.1 Å². The van der Waals surface area contributed by atoms with Gasteiger partial charge in [-0.15, -0.1) is 0 Å². The van der Waals surface area contributed by atoms with E-state index in [1.807, 2.05) is 0 Å². The van der Waals surface area contributed by atoms with Crippen LogP contribution in [-0.2, 0) is 4.79 Å². The Labute approximate surface area is 124 Å². The Morgan fingerprint density at radius 2 is 1.90 bits per heavy atom. The fraction of sp³-hybridized carbons (Fsp3) is 0.941. The molecule has 2 N–H and O–H groups in total. The fourth-order valence-corrected chi connectivity index (χ4v) is 3.85. The molecule has 1 saturated carbocycles. The largest absolute Gasteiger partial charge is 0.342 e. The van der Waals surface area contributed by atoms with Crippen LogP contribution in [0.25, 0.3) is 0 Å². The zero-order chi connectivity index (χ0) is 14.7. The third-order valence-electron chi connectivity index (χ3n) is 5.63. The lowest BCUT2D eigenvalue weighted by molar-refractivity contribution is -0.137. The summed E-state index contributed by atoms with van der Waals surface area (Å²) >= 11 is 0. The van der Waals surface area contributed by atoms with Gasteiger partial charge in [-0.2, -0.15) is 0 Å². The van der Waals surface area contributed by atoms with Crippen LogP contribution in [0, 0.1) is 23.7 Å². The van der Waals surface area contributed by atoms with Crippen LogP contribution in [0.15, 0.2) is 0 Å². The Hall–Kier alpha value is -0.570. The summed E-state index contributed by atoms with van der Waals surface area (Å²) in [5.41, 5.74) is 6.16. The molecule has 0 aromatic rings. The smallest absolute Gasteiger partial charge is 0.225 e. The van der Waals surface area contributed by atoms with E-state index in [1.165, 1.54) is 19.3 Å². The third-order valence-corrected chi connectivity index (χ3v) is 5.63. The summed E-state index contributed by atoms with van der Waals surface area (Å²) in [6.07, 6.45) is 6.67. The molecular weight excluding hydrogens is 248 g/mol. The summed E-state index contributed by atoms with van der Waals surface area (Å²) in [6.45, 7) is 8.75. The minimum atomic E-state index is 0.191. The highest BCUT2D eigenvalue weighted by Crippen LogP contribution is 2.31. The lowest BCUT2D eigenvalue weighted by atomic mass is 9.79. The number of nitrogens with two attached hydrogens (primary N) is 1. The van der Waals surface area contributed by atoms with Crippen LogP contribution in [0.4, 0.5) is 0 Å². The monoisotopic (exact) mass is 280 g/mol. The quantitative estimate of drug-likeness (QED) is 0.845. The molecule has 1 aliphatic heterocycles. The van der Waals surface area contributed by atoms with E-state index in [-0.39, 0.29) is 12.0 Å². The standard InChI is InChI=1S/C17H32N2O/c1-12(2)14-5-4-9-19(10-8-14)17(20)15-7-6-13(3)16(18)11-15/h12-16H,4-11,18H2,1-3H3. The molecule has 0 radical (unpaired) electrons. The number of rotatable bonds is 2. The van der Waals surface area contributed by atoms with Gasteiger partial charge in [0.1, 0.15) is 0 Å². The van der Waals surface area contributed by atoms with Crippen molar-refractivity contribution < 1.29 is 4.79 Å². The number of carbonyl (C=O) groups is 1. The SMILES string of the molecule is CC(C)C1CCCN(C(=O)C2CCC(C)C(N)C2)CC1. The Morgan fingerprint density at radius 1 is 1.15 bits per heavy atom. The minimum absolute atomic E-state index is 0.191. The second kappa shape index (κ2) is 6.93. The molecule has 0 aromatic heterocycles. The van der Waals surface area contributed by atoms with Crippen LogP contribution in [0.1, 0.15) is 59.3 Å². The average Bonchev–Trinajstić information content (AvgIpc) is 2.67. The highest BCUT2D eigenvalue weighted by atomic mass is 16.2. The van der Waals surface area contributed by atoms with Gasteiger partial charge in [0, 0.05) is 25.0 Å². The van der Waals surface area contributed by atoms with Crippen molar-refractivity contribution in [3.8, 4) is 0 Å². The highest BCUT2D eigenvalue weighted by molar-refractivity contribution is 5.79. The van der Waals surface area contributed by atoms with E-state index in [4.69, 9.17) is 5.73 Å². The van der Waals surface area contributed by atoms with Crippen molar-refractivity contribution in [3.63, 3.8) is 0 Å². The van der Waals surface area contributed by atoms with Crippen molar-refractivity contribution in [2.45, 2.75) is 65.3 Å². The first-order valence-corrected chi connectivity index (χ1v) is 8.53. The zero-order valence-corrected chi connectivity index (χ0v) is 13.5. The zero-order valence-electron chi connectivity index (χ0n) is 13.5. The lowest BCUT2D eigenvalue weighted by Gasteiger charge is -2.34. The maximum Gasteiger partial charge on any atom is 0.225 e. The molecule has 4 unspecified atom stereocenters. The first kappa shape index (κ1) is 15.8. The highest BCUT2D eigenvalue weighted by Gasteiger charge is 2.33. The predicted octanol–water partition coefficient (Wildman–Crippen LogP) is 3.03. The lowest BCUT2D eigenvalue weighted by Crippen LogP contribution is -2.43. The molecule has 1 saturated heterocycles. The van der Waals surface area contributed by atoms with Gasteiger partial charge in [0.05, 0.1) is 0 Å². The van der Waals surface area contributed by atoms with Crippen LogP contribution >= 0.6 is 0 Å². The number of likely N-dealkylation sites (tertiary alicyclic amines) is 1. The van der Waals surface area contributed by atoms with E-state index >= 15 is 0 Å². The van der Waals surface area contributed by atoms with Gasteiger partial charge in [-0.05, 0) is 56.3 Å². The van der Waals surface area contributed by atoms with Gasteiger partial charge < -0.3 is 10.6 Å². The van der Waals surface area contributed by atoms with E-state index < -0.39 is 0 Å². The van der Waals surface area contributed by atoms with Crippen molar-refractivity contribution in [2.24, 2.45) is 29.4 Å². The molecule has 1 amide bonds. The Balaban J connectivity index is 1.89. The van der Waals surface area contributed by atoms with E-state index in [1.54, 1.807) is 0 Å². The molecule has 0 spiro atoms. The summed E-state index contributed by atoms with van der Waals surface area (Å²) in [4.78, 5) is 14.8. The second-order valence-electron chi connectivity index (χ2n) is 7.41. The molecule has 116 valence electrons. The molecule has 20 heavy (non-hydrogen) atoms. The first-order valence-electron chi connectivity index (χ1n) is 8.53. The third kappa shape index (κ3) is 3.75. The molecule has 1 heterocycles. The minimum Gasteiger partial charge on any atom is -0.342 e. The average molecular weight is 280 g/mol. The van der Waals surface area contributed by atoms with E-state index in [2.05, 4.69) is 25.7 Å². The molecule has 0 bridgehead atoms. The summed E-state index contributed by atoms with van der Waals surface area (Å²) in [7, 11) is 0. The van der Waals surface area contributed by atoms with Crippen molar-refractivity contribution in [1.82, 2.24) is 4.90 Å². The van der Waals surface area contributed by atoms with Gasteiger partial charge in [0.25, 0.3) is 0 Å². The van der Waals surface area contributed by atoms with Gasteiger partial charge in [0.15, 0.2) is 0 Å². The summed E-state index contributed by atoms with van der Waals surface area (Å²) in [5.74, 6) is 2.69. The van der Waals surface area contributed by atoms with Crippen LogP contribution in [0.3, 0.4) is 0 Å². The fourth-order valence-electron chi connectivity index (χ4n) is 3.85. The summed E-state index contributed by atoms with van der Waals surface area (Å²) in [6, 6.07) is 0.216. The maximum atomic E-state index is 12.7. The Morgan fingerprint density at radius 3 is 2.55 bits per heavy atom. The number of hydrogen-bond donors (Lipinski definition) is 1. The molecule has 4 atom stereocenters. The number of carbonyl (C=O) groups excluding carboxylic acids is 1. The number of amides is 1. The Kier molecular flexibility index (Phi) is 5.48. The topological polar surface area (TPSA) is 46.3 Å². The van der Waals surface area contributed by atoms with Crippen LogP contribution < -0.4 is 5.73 Å². The van der Waals surface area contributed by atoms with E-state index in [0.29, 0.717) is 11.8 Å². The van der Waals surface area contributed by atoms with Crippen LogP contribution in [-0.4, -0.2) is 29.9 Å². The summed E-state index contributed by atoms with van der Waals surface area (Å²) in [5, 5.41) is 0. The number of hydrogen-bond acceptors (Lipinski definition) is 2. The molecule has 1 aliphatic carbocycles. The molecule has 0 aromatic carbocycles. The summed E-state index contributed by atoms with van der Waals surface area (Å²) < 4.78 is 0. The molecule has 2 rings (SSSR count). The molecule has 3 nitrogen and oxygen atoms in total. The van der Waals surface area contributed by atoms with Crippen LogP contribution in [0.5, 0.6) is 0 Å². The van der Waals surface area contributed by atoms with Crippen molar-refractivity contribution in [1.29, 1.82) is 0 Å². The van der Waals surface area contributed by atoms with Gasteiger partial charge in [-0.25, -0.2) is 0 Å². The van der Waals surface area contributed by atoms with Crippen molar-refractivity contribution in [3.05, 3.63) is 0 Å². The second-order valence-corrected chi connectivity index (χ2v) is 7.41. The molecular formula is C17H32N2O. The van der Waals surface area contributed by atoms with E-state index in [0.717, 1.165) is 44.2 Å². The Bertz CT molecular complexity index is 329. The maximum absolute atomic E-state index is 12.7. The van der Waals surface area contributed by atoms with Crippen LogP contribution in [0.2, 0.25) is 0 Å². The normalized spacial score (nSPS) is 36.0. The van der Waals surface area contributed by atoms with E-state index in [9.17, 15) is 4.79 Å². The molecule has 2 fully saturated rings. The molecule has 2 aliphatic rings. The predicted molar refractivity (Wildman–Crippen MR) is 83.2 cm³/mol. The number of nitrogens with zero attached hydrogens (tertiary/aromatic N) is 1.